The predicted molar refractivity (Wildman–Crippen MR) is 95.2 cm³/mol. The highest BCUT2D eigenvalue weighted by atomic mass is 16.7. The van der Waals surface area contributed by atoms with Gasteiger partial charge in [-0.3, -0.25) is 9.59 Å². The van der Waals surface area contributed by atoms with Crippen LogP contribution in [0.15, 0.2) is 0 Å². The fraction of sp³-hybridized carbons (Fsp3) is 0.789. The van der Waals surface area contributed by atoms with E-state index in [4.69, 9.17) is 0 Å². The molecule has 1 saturated heterocycles. The molecule has 0 saturated carbocycles. The van der Waals surface area contributed by atoms with E-state index in [1.165, 1.54) is 33.1 Å². The lowest BCUT2D eigenvalue weighted by molar-refractivity contribution is -0.204. The zero-order valence-electron chi connectivity index (χ0n) is 16.5. The van der Waals surface area contributed by atoms with Crippen LogP contribution in [0.1, 0.15) is 80.1 Å². The van der Waals surface area contributed by atoms with Crippen molar-refractivity contribution >= 4 is 24.1 Å². The quantitative estimate of drug-likeness (QED) is 0.490. The van der Waals surface area contributed by atoms with Gasteiger partial charge in [0.25, 0.3) is 11.8 Å². The van der Waals surface area contributed by atoms with Gasteiger partial charge in [0.2, 0.25) is 0 Å². The standard InChI is InChI=1S/C10H13NO5.C9H20/c1-10(2,5-6-12)9(15)16-11-7(13)3-4-8(11)14;1-5-9(4)7-6-8(2)3/h6H,3-5H2,1-2H3;8-9H,5-7H2,1-4H3. The number of hydroxylamine groups is 2. The van der Waals surface area contributed by atoms with Gasteiger partial charge >= 0.3 is 5.97 Å². The summed E-state index contributed by atoms with van der Waals surface area (Å²) in [4.78, 5) is 48.9. The Labute approximate surface area is 151 Å². The number of aldehydes is 1. The van der Waals surface area contributed by atoms with Crippen LogP contribution < -0.4 is 0 Å². The molecule has 0 bridgehead atoms. The minimum atomic E-state index is -1.04. The number of hydrogen-bond acceptors (Lipinski definition) is 5. The van der Waals surface area contributed by atoms with E-state index < -0.39 is 23.2 Å². The second-order valence-electron chi connectivity index (χ2n) is 7.70. The zero-order chi connectivity index (χ0) is 19.6. The summed E-state index contributed by atoms with van der Waals surface area (Å²) in [6.45, 7) is 12.2. The number of amides is 2. The highest BCUT2D eigenvalue weighted by Gasteiger charge is 2.37. The second-order valence-corrected chi connectivity index (χ2v) is 7.70. The molecule has 6 nitrogen and oxygen atoms in total. The molecule has 2 amide bonds. The summed E-state index contributed by atoms with van der Waals surface area (Å²) in [6, 6.07) is 0. The maximum absolute atomic E-state index is 11.6. The van der Waals surface area contributed by atoms with Crippen molar-refractivity contribution in [3.05, 3.63) is 0 Å². The molecule has 25 heavy (non-hydrogen) atoms. The fourth-order valence-corrected chi connectivity index (χ4v) is 1.98. The lowest BCUT2D eigenvalue weighted by Gasteiger charge is -2.22. The van der Waals surface area contributed by atoms with Crippen molar-refractivity contribution in [2.24, 2.45) is 17.3 Å². The Bertz CT molecular complexity index is 454. The Kier molecular flexibility index (Phi) is 10.2. The Hall–Kier alpha value is -1.72. The average Bonchev–Trinajstić information content (AvgIpc) is 2.84. The second kappa shape index (κ2) is 11.0. The van der Waals surface area contributed by atoms with Gasteiger partial charge in [-0.2, -0.15) is 0 Å². The van der Waals surface area contributed by atoms with Gasteiger partial charge in [-0.15, -0.1) is 5.06 Å². The van der Waals surface area contributed by atoms with Gasteiger partial charge in [-0.1, -0.05) is 47.0 Å². The topological polar surface area (TPSA) is 80.8 Å². The van der Waals surface area contributed by atoms with Crippen LogP contribution in [-0.2, 0) is 24.0 Å². The minimum Gasteiger partial charge on any atom is -0.330 e. The predicted octanol–water partition coefficient (Wildman–Crippen LogP) is 3.68. The summed E-state index contributed by atoms with van der Waals surface area (Å²) in [5.74, 6) is 0.00936. The van der Waals surface area contributed by atoms with Crippen LogP contribution in [0.25, 0.3) is 0 Å². The number of rotatable bonds is 8. The van der Waals surface area contributed by atoms with Crippen molar-refractivity contribution in [1.29, 1.82) is 0 Å². The highest BCUT2D eigenvalue weighted by molar-refractivity contribution is 6.01. The van der Waals surface area contributed by atoms with Crippen LogP contribution >= 0.6 is 0 Å². The summed E-state index contributed by atoms with van der Waals surface area (Å²) in [5, 5.41) is 0.481. The molecule has 0 aromatic carbocycles. The van der Waals surface area contributed by atoms with Gasteiger partial charge in [0.15, 0.2) is 0 Å². The zero-order valence-corrected chi connectivity index (χ0v) is 16.5. The number of imide groups is 1. The van der Waals surface area contributed by atoms with E-state index in [9.17, 15) is 19.2 Å². The molecule has 1 aliphatic rings. The molecule has 0 aliphatic carbocycles. The summed E-state index contributed by atoms with van der Waals surface area (Å²) < 4.78 is 0. The summed E-state index contributed by atoms with van der Waals surface area (Å²) in [6.07, 6.45) is 4.83. The first-order valence-corrected chi connectivity index (χ1v) is 9.06. The lowest BCUT2D eigenvalue weighted by Crippen LogP contribution is -2.37. The Balaban J connectivity index is 0.000000547. The van der Waals surface area contributed by atoms with Gasteiger partial charge in [-0.25, -0.2) is 4.79 Å². The number of hydrogen-bond donors (Lipinski definition) is 0. The molecule has 0 aromatic heterocycles. The summed E-state index contributed by atoms with van der Waals surface area (Å²) >= 11 is 0. The summed E-state index contributed by atoms with van der Waals surface area (Å²) in [7, 11) is 0. The van der Waals surface area contributed by atoms with Crippen molar-refractivity contribution in [2.45, 2.75) is 80.1 Å². The smallest absolute Gasteiger partial charge is 0.330 e. The SMILES string of the molecule is CC(C)(CC=O)C(=O)ON1C(=O)CCC1=O.CCC(C)CCC(C)C. The summed E-state index contributed by atoms with van der Waals surface area (Å²) in [5.41, 5.74) is -1.04. The van der Waals surface area contributed by atoms with Gasteiger partial charge in [0.05, 0.1) is 5.41 Å². The lowest BCUT2D eigenvalue weighted by atomic mass is 9.90. The molecule has 1 unspecified atom stereocenters. The van der Waals surface area contributed by atoms with E-state index in [1.54, 1.807) is 0 Å². The number of nitrogens with zero attached hydrogens (tertiary/aromatic N) is 1. The molecular formula is C19H33NO5. The van der Waals surface area contributed by atoms with Crippen LogP contribution in [0.4, 0.5) is 0 Å². The van der Waals surface area contributed by atoms with E-state index in [1.807, 2.05) is 0 Å². The number of carbonyl (C=O) groups excluding carboxylic acids is 4. The van der Waals surface area contributed by atoms with Crippen LogP contribution in [0.3, 0.4) is 0 Å². The van der Waals surface area contributed by atoms with Crippen LogP contribution in [0, 0.1) is 17.3 Å². The first-order valence-electron chi connectivity index (χ1n) is 9.06. The van der Waals surface area contributed by atoms with Gasteiger partial charge in [-0.05, 0) is 25.7 Å². The largest absolute Gasteiger partial charge is 0.339 e. The molecule has 0 spiro atoms. The first-order chi connectivity index (χ1) is 11.5. The highest BCUT2D eigenvalue weighted by Crippen LogP contribution is 2.23. The Morgan fingerprint density at radius 1 is 1.16 bits per heavy atom. The third kappa shape index (κ3) is 8.79. The maximum atomic E-state index is 11.6. The number of carbonyl (C=O) groups is 4. The fourth-order valence-electron chi connectivity index (χ4n) is 1.98. The minimum absolute atomic E-state index is 0.0257. The van der Waals surface area contributed by atoms with E-state index in [0.29, 0.717) is 11.3 Å². The molecule has 1 aliphatic heterocycles. The molecule has 6 heteroatoms. The normalized spacial score (nSPS) is 15.7. The average molecular weight is 355 g/mol. The molecule has 1 heterocycles. The van der Waals surface area contributed by atoms with Crippen LogP contribution in [0.2, 0.25) is 0 Å². The Morgan fingerprint density at radius 3 is 2.08 bits per heavy atom. The van der Waals surface area contributed by atoms with E-state index in [-0.39, 0.29) is 19.3 Å². The Morgan fingerprint density at radius 2 is 1.68 bits per heavy atom. The van der Waals surface area contributed by atoms with Gasteiger partial charge in [0, 0.05) is 19.3 Å². The van der Waals surface area contributed by atoms with E-state index in [2.05, 4.69) is 32.5 Å². The molecule has 0 N–H and O–H groups in total. The third-order valence-electron chi connectivity index (χ3n) is 4.26. The molecule has 0 radical (unpaired) electrons. The molecule has 1 rings (SSSR count). The van der Waals surface area contributed by atoms with Crippen molar-refractivity contribution in [2.75, 3.05) is 0 Å². The molecule has 144 valence electrons. The molecular weight excluding hydrogens is 322 g/mol. The van der Waals surface area contributed by atoms with Crippen molar-refractivity contribution < 1.29 is 24.0 Å². The molecule has 1 fully saturated rings. The third-order valence-corrected chi connectivity index (χ3v) is 4.26. The monoisotopic (exact) mass is 355 g/mol. The van der Waals surface area contributed by atoms with E-state index in [0.717, 1.165) is 11.8 Å². The first kappa shape index (κ1) is 23.3. The van der Waals surface area contributed by atoms with Crippen molar-refractivity contribution in [3.63, 3.8) is 0 Å². The van der Waals surface area contributed by atoms with Crippen molar-refractivity contribution in [1.82, 2.24) is 5.06 Å². The molecule has 0 aromatic rings. The van der Waals surface area contributed by atoms with Crippen LogP contribution in [0.5, 0.6) is 0 Å². The van der Waals surface area contributed by atoms with Crippen LogP contribution in [-0.4, -0.2) is 29.1 Å². The van der Waals surface area contributed by atoms with Gasteiger partial charge < -0.3 is 9.63 Å². The van der Waals surface area contributed by atoms with E-state index >= 15 is 0 Å². The van der Waals surface area contributed by atoms with Crippen molar-refractivity contribution in [3.8, 4) is 0 Å². The van der Waals surface area contributed by atoms with Gasteiger partial charge in [0.1, 0.15) is 6.29 Å². The molecule has 1 atom stereocenters. The maximum Gasteiger partial charge on any atom is 0.339 e.